The first-order valence-electron chi connectivity index (χ1n) is 6.65. The summed E-state index contributed by atoms with van der Waals surface area (Å²) < 4.78 is 6.89. The minimum Gasteiger partial charge on any atom is -0.494 e. The molecule has 0 radical (unpaired) electrons. The molecule has 0 atom stereocenters. The fraction of sp³-hybridized carbons (Fsp3) is 0.533. The molecule has 0 heterocycles. The van der Waals surface area contributed by atoms with Crippen LogP contribution >= 0.6 is 15.9 Å². The number of hydrogen-bond acceptors (Lipinski definition) is 3. The van der Waals surface area contributed by atoms with Crippen molar-refractivity contribution in [2.24, 2.45) is 16.3 Å². The topological polar surface area (TPSA) is 67.8 Å². The normalized spacial score (nSPS) is 12.6. The number of aryl methyl sites for hydroxylation is 2. The molecule has 0 aliphatic carbocycles. The van der Waals surface area contributed by atoms with E-state index in [4.69, 9.17) is 15.7 Å². The highest BCUT2D eigenvalue weighted by Crippen LogP contribution is 2.27. The fourth-order valence-corrected chi connectivity index (χ4v) is 2.19. The van der Waals surface area contributed by atoms with Crippen LogP contribution in [0, 0.1) is 19.3 Å². The lowest BCUT2D eigenvalue weighted by molar-refractivity contribution is 0.277. The quantitative estimate of drug-likeness (QED) is 0.270. The van der Waals surface area contributed by atoms with Crippen LogP contribution in [0.3, 0.4) is 0 Å². The van der Waals surface area contributed by atoms with Gasteiger partial charge in [0.25, 0.3) is 0 Å². The molecule has 3 N–H and O–H groups in total. The maximum absolute atomic E-state index is 8.72. The van der Waals surface area contributed by atoms with Crippen molar-refractivity contribution < 1.29 is 9.94 Å². The smallest absolute Gasteiger partial charge is 0.144 e. The van der Waals surface area contributed by atoms with Gasteiger partial charge in [-0.05, 0) is 49.9 Å². The predicted octanol–water partition coefficient (Wildman–Crippen LogP) is 4.00. The van der Waals surface area contributed by atoms with E-state index in [-0.39, 0.29) is 11.3 Å². The summed E-state index contributed by atoms with van der Waals surface area (Å²) in [5, 5.41) is 11.8. The number of ether oxygens (including phenoxy) is 1. The van der Waals surface area contributed by atoms with Crippen LogP contribution in [0.5, 0.6) is 5.75 Å². The van der Waals surface area contributed by atoms with Crippen molar-refractivity contribution in [1.82, 2.24) is 0 Å². The van der Waals surface area contributed by atoms with E-state index in [1.54, 1.807) is 0 Å². The van der Waals surface area contributed by atoms with Gasteiger partial charge in [-0.2, -0.15) is 0 Å². The van der Waals surface area contributed by atoms with Gasteiger partial charge in [0.15, 0.2) is 0 Å². The van der Waals surface area contributed by atoms with Crippen molar-refractivity contribution in [2.75, 3.05) is 6.61 Å². The zero-order chi connectivity index (χ0) is 15.3. The Morgan fingerprint density at radius 3 is 2.40 bits per heavy atom. The average molecular weight is 343 g/mol. The Morgan fingerprint density at radius 1 is 1.35 bits per heavy atom. The Morgan fingerprint density at radius 2 is 1.90 bits per heavy atom. The Labute approximate surface area is 129 Å². The van der Waals surface area contributed by atoms with E-state index in [0.29, 0.717) is 6.61 Å². The van der Waals surface area contributed by atoms with Crippen molar-refractivity contribution in [3.8, 4) is 5.75 Å². The maximum Gasteiger partial charge on any atom is 0.144 e. The van der Waals surface area contributed by atoms with E-state index in [9.17, 15) is 0 Å². The summed E-state index contributed by atoms with van der Waals surface area (Å²) in [6, 6.07) is 4.04. The van der Waals surface area contributed by atoms with E-state index in [2.05, 4.69) is 21.1 Å². The number of rotatable bonds is 6. The first-order valence-corrected chi connectivity index (χ1v) is 7.45. The number of nitrogens with zero attached hydrogens (tertiary/aromatic N) is 1. The Balaban J connectivity index is 2.50. The highest BCUT2D eigenvalue weighted by molar-refractivity contribution is 9.10. The zero-order valence-corrected chi connectivity index (χ0v) is 14.1. The van der Waals surface area contributed by atoms with Crippen molar-refractivity contribution in [2.45, 2.75) is 40.5 Å². The number of halogens is 1. The van der Waals surface area contributed by atoms with E-state index >= 15 is 0 Å². The van der Waals surface area contributed by atoms with Gasteiger partial charge in [0, 0.05) is 9.89 Å². The van der Waals surface area contributed by atoms with Crippen molar-refractivity contribution in [3.63, 3.8) is 0 Å². The van der Waals surface area contributed by atoms with Crippen LogP contribution in [0.25, 0.3) is 0 Å². The van der Waals surface area contributed by atoms with Gasteiger partial charge in [0.2, 0.25) is 0 Å². The first-order chi connectivity index (χ1) is 9.27. The summed E-state index contributed by atoms with van der Waals surface area (Å²) in [7, 11) is 0. The second-order valence-corrected chi connectivity index (χ2v) is 6.49. The molecule has 112 valence electrons. The van der Waals surface area contributed by atoms with Gasteiger partial charge >= 0.3 is 0 Å². The summed E-state index contributed by atoms with van der Waals surface area (Å²) in [6.07, 6.45) is 1.65. The molecule has 1 aromatic rings. The minimum atomic E-state index is -0.316. The van der Waals surface area contributed by atoms with Gasteiger partial charge < -0.3 is 15.7 Å². The molecule has 0 aliphatic heterocycles. The second kappa shape index (κ2) is 6.97. The second-order valence-electron chi connectivity index (χ2n) is 5.69. The number of amidine groups is 1. The van der Waals surface area contributed by atoms with Crippen LogP contribution in [-0.4, -0.2) is 17.6 Å². The van der Waals surface area contributed by atoms with Gasteiger partial charge in [-0.3, -0.25) is 0 Å². The number of oxime groups is 1. The third-order valence-corrected chi connectivity index (χ3v) is 4.68. The van der Waals surface area contributed by atoms with Gasteiger partial charge in [-0.25, -0.2) is 0 Å². The monoisotopic (exact) mass is 342 g/mol. The average Bonchev–Trinajstić information content (AvgIpc) is 2.39. The van der Waals surface area contributed by atoms with Gasteiger partial charge in [-0.15, -0.1) is 0 Å². The van der Waals surface area contributed by atoms with Crippen LogP contribution in [-0.2, 0) is 0 Å². The molecule has 0 saturated heterocycles. The van der Waals surface area contributed by atoms with E-state index in [1.807, 2.05) is 39.8 Å². The first kappa shape index (κ1) is 16.8. The van der Waals surface area contributed by atoms with Crippen molar-refractivity contribution in [1.29, 1.82) is 0 Å². The largest absolute Gasteiger partial charge is 0.494 e. The lowest BCUT2D eigenvalue weighted by Gasteiger charge is -2.22. The molecule has 0 unspecified atom stereocenters. The van der Waals surface area contributed by atoms with Gasteiger partial charge in [-0.1, -0.05) is 34.9 Å². The van der Waals surface area contributed by atoms with Crippen LogP contribution in [0.15, 0.2) is 21.8 Å². The molecule has 0 amide bonds. The molecule has 4 nitrogen and oxygen atoms in total. The predicted molar refractivity (Wildman–Crippen MR) is 85.5 cm³/mol. The van der Waals surface area contributed by atoms with Gasteiger partial charge in [0.05, 0.1) is 6.61 Å². The van der Waals surface area contributed by atoms with Gasteiger partial charge in [0.1, 0.15) is 11.6 Å². The summed E-state index contributed by atoms with van der Waals surface area (Å²) in [5.74, 6) is 1.14. The molecule has 0 aromatic heterocycles. The fourth-order valence-electron chi connectivity index (χ4n) is 1.96. The SMILES string of the molecule is Cc1cc(OCCCC(C)(C)/C(N)=N/O)cc(C)c1Br. The van der Waals surface area contributed by atoms with Crippen molar-refractivity contribution in [3.05, 3.63) is 27.7 Å². The van der Waals surface area contributed by atoms with E-state index < -0.39 is 0 Å². The summed E-state index contributed by atoms with van der Waals surface area (Å²) in [5.41, 5.74) is 7.67. The van der Waals surface area contributed by atoms with Crippen LogP contribution < -0.4 is 10.5 Å². The van der Waals surface area contributed by atoms with Crippen LogP contribution in [0.1, 0.15) is 37.8 Å². The summed E-state index contributed by atoms with van der Waals surface area (Å²) in [6.45, 7) is 8.62. The van der Waals surface area contributed by atoms with E-state index in [1.165, 1.54) is 0 Å². The summed E-state index contributed by atoms with van der Waals surface area (Å²) >= 11 is 3.54. The standard InChI is InChI=1S/C15H23BrN2O2/c1-10-8-12(9-11(2)13(10)16)20-7-5-6-15(3,4)14(17)18-19/h8-9,19H,5-7H2,1-4H3,(H2,17,18). The molecular weight excluding hydrogens is 320 g/mol. The Hall–Kier alpha value is -1.23. The molecule has 1 aromatic carbocycles. The molecule has 0 spiro atoms. The lowest BCUT2D eigenvalue weighted by atomic mass is 9.87. The molecule has 0 fully saturated rings. The molecule has 0 bridgehead atoms. The Bertz CT molecular complexity index is 476. The number of nitrogens with two attached hydrogens (primary N) is 1. The third kappa shape index (κ3) is 4.40. The maximum atomic E-state index is 8.72. The molecule has 0 saturated carbocycles. The molecule has 20 heavy (non-hydrogen) atoms. The van der Waals surface area contributed by atoms with E-state index in [0.717, 1.165) is 34.2 Å². The Kier molecular flexibility index (Phi) is 5.87. The molecule has 0 aliphatic rings. The highest BCUT2D eigenvalue weighted by atomic mass is 79.9. The number of hydrogen-bond donors (Lipinski definition) is 2. The summed E-state index contributed by atoms with van der Waals surface area (Å²) in [4.78, 5) is 0. The minimum absolute atomic E-state index is 0.257. The molecule has 5 heteroatoms. The van der Waals surface area contributed by atoms with Crippen LogP contribution in [0.4, 0.5) is 0 Å². The van der Waals surface area contributed by atoms with Crippen molar-refractivity contribution >= 4 is 21.8 Å². The third-order valence-electron chi connectivity index (χ3n) is 3.43. The van der Waals surface area contributed by atoms with Crippen LogP contribution in [0.2, 0.25) is 0 Å². The number of benzene rings is 1. The highest BCUT2D eigenvalue weighted by Gasteiger charge is 2.22. The molecule has 1 rings (SSSR count). The lowest BCUT2D eigenvalue weighted by Crippen LogP contribution is -2.32. The zero-order valence-electron chi connectivity index (χ0n) is 12.5. The molecular formula is C15H23BrN2O2.